The number of sulfonamides is 1. The second kappa shape index (κ2) is 16.3. The van der Waals surface area contributed by atoms with Crippen molar-refractivity contribution < 1.29 is 37.0 Å². The Labute approximate surface area is 281 Å². The van der Waals surface area contributed by atoms with Crippen LogP contribution in [0.25, 0.3) is 0 Å². The second-order valence-corrected chi connectivity index (χ2v) is 12.9. The van der Waals surface area contributed by atoms with E-state index in [0.717, 1.165) is 11.1 Å². The molecule has 0 saturated carbocycles. The summed E-state index contributed by atoms with van der Waals surface area (Å²) in [6.07, 6.45) is 0. The van der Waals surface area contributed by atoms with Crippen LogP contribution in [0, 0.1) is 0 Å². The lowest BCUT2D eigenvalue weighted by molar-refractivity contribution is -0.143. The third-order valence-corrected chi connectivity index (χ3v) is 9.86. The van der Waals surface area contributed by atoms with E-state index in [1.807, 2.05) is 54.6 Å². The van der Waals surface area contributed by atoms with Gasteiger partial charge in [-0.3, -0.25) is 9.59 Å². The number of methoxy groups -OCH3 is 2. The van der Waals surface area contributed by atoms with Gasteiger partial charge in [-0.15, -0.1) is 0 Å². The Morgan fingerprint density at radius 1 is 0.833 bits per heavy atom. The van der Waals surface area contributed by atoms with Crippen molar-refractivity contribution in [3.8, 4) is 17.2 Å². The fourth-order valence-corrected chi connectivity index (χ4v) is 6.77. The summed E-state index contributed by atoms with van der Waals surface area (Å²) in [5.74, 6) is 0.778. The number of carbonyl (C=O) groups is 2. The first-order valence-electron chi connectivity index (χ1n) is 15.5. The van der Waals surface area contributed by atoms with E-state index in [2.05, 4.69) is 5.32 Å². The predicted octanol–water partition coefficient (Wildman–Crippen LogP) is 4.19. The molecule has 0 aromatic heterocycles. The molecule has 0 aliphatic carbocycles. The Kier molecular flexibility index (Phi) is 11.7. The highest BCUT2D eigenvalue weighted by Crippen LogP contribution is 2.27. The second-order valence-electron chi connectivity index (χ2n) is 11.0. The van der Waals surface area contributed by atoms with Crippen molar-refractivity contribution in [2.75, 3.05) is 47.1 Å². The first-order chi connectivity index (χ1) is 23.3. The highest BCUT2D eigenvalue weighted by molar-refractivity contribution is 7.89. The third kappa shape index (κ3) is 8.51. The van der Waals surface area contributed by atoms with Crippen LogP contribution in [0.1, 0.15) is 22.7 Å². The van der Waals surface area contributed by atoms with Gasteiger partial charge >= 0.3 is 0 Å². The van der Waals surface area contributed by atoms with Crippen molar-refractivity contribution >= 4 is 21.8 Å². The number of carbonyl (C=O) groups excluding carboxylic acids is 2. The van der Waals surface area contributed by atoms with E-state index in [1.165, 1.54) is 33.5 Å². The summed E-state index contributed by atoms with van der Waals surface area (Å²) in [4.78, 5) is 29.6. The number of para-hydroxylation sites is 1. The molecule has 4 aromatic rings. The Morgan fingerprint density at radius 3 is 2.15 bits per heavy atom. The molecule has 1 N–H and O–H groups in total. The van der Waals surface area contributed by atoms with Crippen LogP contribution in [0.4, 0.5) is 0 Å². The minimum absolute atomic E-state index is 0.102. The summed E-state index contributed by atoms with van der Waals surface area (Å²) >= 11 is 0. The van der Waals surface area contributed by atoms with Crippen LogP contribution >= 0.6 is 0 Å². The first kappa shape index (κ1) is 34.4. The standard InChI is InChI=1S/C36H39N3O8S/c1-44-30-14-12-27(13-15-30)25-39(34(40)26-47-31-16-18-32(19-17-31)48(42,43)38-20-22-46-23-21-38)35(28-8-4-3-5-9-28)36(41)37-24-29-10-6-7-11-33(29)45-2/h3-19,35H,20-26H2,1-2H3,(H,37,41)/t35-/m1/s1. The van der Waals surface area contributed by atoms with Gasteiger partial charge in [0.25, 0.3) is 5.91 Å². The highest BCUT2D eigenvalue weighted by Gasteiger charge is 2.32. The van der Waals surface area contributed by atoms with Gasteiger partial charge in [0.2, 0.25) is 15.9 Å². The maximum atomic E-state index is 14.0. The third-order valence-electron chi connectivity index (χ3n) is 7.95. The van der Waals surface area contributed by atoms with Crippen molar-refractivity contribution in [1.29, 1.82) is 0 Å². The van der Waals surface area contributed by atoms with Crippen LogP contribution in [0.2, 0.25) is 0 Å². The van der Waals surface area contributed by atoms with Gasteiger partial charge < -0.3 is 29.2 Å². The Balaban J connectivity index is 1.38. The summed E-state index contributed by atoms with van der Waals surface area (Å²) in [6.45, 7) is 1.16. The molecule has 0 spiro atoms. The van der Waals surface area contributed by atoms with Crippen LogP contribution in [0.3, 0.4) is 0 Å². The Hall–Kier alpha value is -4.91. The van der Waals surface area contributed by atoms with Crippen molar-refractivity contribution in [1.82, 2.24) is 14.5 Å². The average Bonchev–Trinajstić information content (AvgIpc) is 3.14. The zero-order chi connectivity index (χ0) is 33.9. The fourth-order valence-electron chi connectivity index (χ4n) is 5.36. The molecule has 1 atom stereocenters. The molecule has 5 rings (SSSR count). The molecule has 0 bridgehead atoms. The molecule has 1 saturated heterocycles. The lowest BCUT2D eigenvalue weighted by Gasteiger charge is -2.31. The van der Waals surface area contributed by atoms with Crippen LogP contribution < -0.4 is 19.5 Å². The molecule has 48 heavy (non-hydrogen) atoms. The Bertz CT molecular complexity index is 1760. The van der Waals surface area contributed by atoms with Gasteiger partial charge in [0.05, 0.1) is 32.3 Å². The normalized spacial score (nSPS) is 14.0. The van der Waals surface area contributed by atoms with Crippen LogP contribution in [0.15, 0.2) is 108 Å². The van der Waals surface area contributed by atoms with Crippen LogP contribution in [-0.4, -0.2) is 76.6 Å². The van der Waals surface area contributed by atoms with Gasteiger partial charge in [0.1, 0.15) is 23.3 Å². The van der Waals surface area contributed by atoms with E-state index in [9.17, 15) is 18.0 Å². The molecule has 1 fully saturated rings. The summed E-state index contributed by atoms with van der Waals surface area (Å²) < 4.78 is 49.4. The minimum Gasteiger partial charge on any atom is -0.497 e. The molecule has 1 aliphatic heterocycles. The summed E-state index contributed by atoms with van der Waals surface area (Å²) in [7, 11) is -0.541. The molecular weight excluding hydrogens is 634 g/mol. The molecule has 4 aromatic carbocycles. The number of hydrogen-bond acceptors (Lipinski definition) is 8. The number of nitrogens with one attached hydrogen (secondary N) is 1. The molecule has 252 valence electrons. The molecule has 1 heterocycles. The van der Waals surface area contributed by atoms with Gasteiger partial charge in [0.15, 0.2) is 6.61 Å². The molecule has 12 heteroatoms. The lowest BCUT2D eigenvalue weighted by atomic mass is 10.0. The zero-order valence-electron chi connectivity index (χ0n) is 26.9. The number of nitrogens with zero attached hydrogens (tertiary/aromatic N) is 2. The fraction of sp³-hybridized carbons (Fsp3) is 0.278. The Morgan fingerprint density at radius 2 is 1.48 bits per heavy atom. The first-order valence-corrected chi connectivity index (χ1v) is 16.9. The summed E-state index contributed by atoms with van der Waals surface area (Å²) in [5, 5.41) is 2.99. The van der Waals surface area contributed by atoms with Gasteiger partial charge in [-0.25, -0.2) is 8.42 Å². The summed E-state index contributed by atoms with van der Waals surface area (Å²) in [5.41, 5.74) is 2.19. The zero-order valence-corrected chi connectivity index (χ0v) is 27.7. The van der Waals surface area contributed by atoms with Crippen LogP contribution in [-0.2, 0) is 37.4 Å². The molecule has 0 unspecified atom stereocenters. The SMILES string of the molecule is COc1ccc(CN(C(=O)COc2ccc(S(=O)(=O)N3CCOCC3)cc2)[C@@H](C(=O)NCc2ccccc2OC)c2ccccc2)cc1. The van der Waals surface area contributed by atoms with E-state index in [1.54, 1.807) is 38.5 Å². The van der Waals surface area contributed by atoms with Gasteiger partial charge in [0, 0.05) is 31.7 Å². The number of amides is 2. The van der Waals surface area contributed by atoms with Gasteiger partial charge in [-0.1, -0.05) is 60.7 Å². The van der Waals surface area contributed by atoms with Gasteiger partial charge in [-0.2, -0.15) is 4.31 Å². The number of benzene rings is 4. The topological polar surface area (TPSA) is 124 Å². The quantitative estimate of drug-likeness (QED) is 0.212. The monoisotopic (exact) mass is 673 g/mol. The van der Waals surface area contributed by atoms with E-state index < -0.39 is 28.6 Å². The number of morpholine rings is 1. The van der Waals surface area contributed by atoms with Crippen molar-refractivity contribution in [3.63, 3.8) is 0 Å². The van der Waals surface area contributed by atoms with Crippen LogP contribution in [0.5, 0.6) is 17.2 Å². The maximum Gasteiger partial charge on any atom is 0.261 e. The van der Waals surface area contributed by atoms with E-state index in [-0.39, 0.29) is 37.0 Å². The highest BCUT2D eigenvalue weighted by atomic mass is 32.2. The summed E-state index contributed by atoms with van der Waals surface area (Å²) in [6, 6.07) is 28.7. The largest absolute Gasteiger partial charge is 0.497 e. The van der Waals surface area contributed by atoms with E-state index in [0.29, 0.717) is 36.0 Å². The molecule has 11 nitrogen and oxygen atoms in total. The maximum absolute atomic E-state index is 14.0. The number of rotatable bonds is 14. The average molecular weight is 674 g/mol. The van der Waals surface area contributed by atoms with E-state index >= 15 is 0 Å². The lowest BCUT2D eigenvalue weighted by Crippen LogP contribution is -2.45. The number of hydrogen-bond donors (Lipinski definition) is 1. The minimum atomic E-state index is -3.68. The molecule has 1 aliphatic rings. The number of ether oxygens (including phenoxy) is 4. The molecular formula is C36H39N3O8S. The predicted molar refractivity (Wildman–Crippen MR) is 179 cm³/mol. The molecule has 0 radical (unpaired) electrons. The van der Waals surface area contributed by atoms with Crippen molar-refractivity contribution in [2.45, 2.75) is 24.0 Å². The molecule has 2 amide bonds. The van der Waals surface area contributed by atoms with Crippen molar-refractivity contribution in [2.24, 2.45) is 0 Å². The van der Waals surface area contributed by atoms with E-state index in [4.69, 9.17) is 18.9 Å². The van der Waals surface area contributed by atoms with Crippen molar-refractivity contribution in [3.05, 3.63) is 120 Å². The van der Waals surface area contributed by atoms with Gasteiger partial charge in [-0.05, 0) is 53.6 Å². The smallest absolute Gasteiger partial charge is 0.261 e.